The van der Waals surface area contributed by atoms with E-state index in [2.05, 4.69) is 31.2 Å². The number of ketones is 1. The number of carbonyl (C=O) groups is 6. The lowest BCUT2D eigenvalue weighted by Gasteiger charge is -2.38. The van der Waals surface area contributed by atoms with Gasteiger partial charge in [-0.15, -0.1) is 0 Å². The maximum atomic E-state index is 14.6. The summed E-state index contributed by atoms with van der Waals surface area (Å²) in [4.78, 5) is 91.4. The van der Waals surface area contributed by atoms with Crippen molar-refractivity contribution in [2.75, 3.05) is 6.54 Å². The minimum Gasteiger partial charge on any atom is -0.347 e. The molecule has 13 heteroatoms. The number of amides is 5. The van der Waals surface area contributed by atoms with E-state index in [9.17, 15) is 28.8 Å². The van der Waals surface area contributed by atoms with Gasteiger partial charge in [0.1, 0.15) is 23.8 Å². The van der Waals surface area contributed by atoms with Crippen molar-refractivity contribution in [3.8, 4) is 0 Å². The molecule has 3 aliphatic carbocycles. The van der Waals surface area contributed by atoms with Crippen LogP contribution in [-0.2, 0) is 24.0 Å². The van der Waals surface area contributed by atoms with Gasteiger partial charge in [0.2, 0.25) is 23.5 Å². The Morgan fingerprint density at radius 1 is 0.898 bits per heavy atom. The minimum atomic E-state index is -0.994. The van der Waals surface area contributed by atoms with Crippen LogP contribution in [0.1, 0.15) is 115 Å². The van der Waals surface area contributed by atoms with Crippen LogP contribution < -0.4 is 21.3 Å². The van der Waals surface area contributed by atoms with Gasteiger partial charge in [0.05, 0.1) is 12.2 Å². The SMILES string of the molecule is CCCC(NC(=O)[C@@H]1C2CCC[C@@H]2CN1C(=O)C(NC(=O)[C@@H](NC(=O)c1cnccn1)C1CCCCC1)C(C)(C)C)C(=O)C(=O)NC1CC1. The van der Waals surface area contributed by atoms with Crippen LogP contribution in [0.15, 0.2) is 18.6 Å². The van der Waals surface area contributed by atoms with Crippen molar-refractivity contribution < 1.29 is 28.8 Å². The highest BCUT2D eigenvalue weighted by Crippen LogP contribution is 2.43. The van der Waals surface area contributed by atoms with Crippen LogP contribution in [0.4, 0.5) is 0 Å². The molecule has 1 aliphatic heterocycles. The van der Waals surface area contributed by atoms with Crippen molar-refractivity contribution in [1.82, 2.24) is 36.1 Å². The predicted molar refractivity (Wildman–Crippen MR) is 181 cm³/mol. The number of hydrogen-bond donors (Lipinski definition) is 4. The van der Waals surface area contributed by atoms with Crippen LogP contribution >= 0.6 is 0 Å². The Bertz CT molecular complexity index is 1390. The second kappa shape index (κ2) is 15.8. The summed E-state index contributed by atoms with van der Waals surface area (Å²) in [5, 5.41) is 11.5. The first-order valence-corrected chi connectivity index (χ1v) is 18.2. The molecule has 2 heterocycles. The Hall–Kier alpha value is -3.90. The number of fused-ring (bicyclic) bond motifs is 1. The summed E-state index contributed by atoms with van der Waals surface area (Å²) in [5.74, 6) is -3.20. The molecule has 3 saturated carbocycles. The van der Waals surface area contributed by atoms with Gasteiger partial charge >= 0.3 is 0 Å². The highest BCUT2D eigenvalue weighted by molar-refractivity contribution is 6.38. The number of nitrogens with zero attached hydrogens (tertiary/aromatic N) is 3. The maximum Gasteiger partial charge on any atom is 0.289 e. The van der Waals surface area contributed by atoms with Crippen molar-refractivity contribution in [3.63, 3.8) is 0 Å². The Morgan fingerprint density at radius 2 is 1.63 bits per heavy atom. The molecule has 6 atom stereocenters. The highest BCUT2D eigenvalue weighted by Gasteiger charge is 2.52. The van der Waals surface area contributed by atoms with E-state index in [1.165, 1.54) is 18.6 Å². The van der Waals surface area contributed by atoms with Crippen LogP contribution in [-0.4, -0.2) is 86.9 Å². The van der Waals surface area contributed by atoms with Gasteiger partial charge in [0.15, 0.2) is 0 Å². The predicted octanol–water partition coefficient (Wildman–Crippen LogP) is 2.45. The molecule has 13 nitrogen and oxygen atoms in total. The van der Waals surface area contributed by atoms with E-state index in [1.807, 2.05) is 27.7 Å². The standard InChI is InChI=1S/C36H53N7O6/c1-5-10-25(29(44)34(48)39-23-15-16-23)40-33(47)28-24-14-9-13-22(24)20-43(28)35(49)30(36(2,3)4)42-32(46)27(21-11-7-6-8-12-21)41-31(45)26-19-37-17-18-38-26/h17-19,21-25,27-28,30H,5-16,20H2,1-4H3,(H,39,48)(H,40,47)(H,41,45)(H,42,46)/t22-,24?,25?,27+,28+,30?/m1/s1. The zero-order chi connectivity index (χ0) is 35.3. The van der Waals surface area contributed by atoms with Crippen molar-refractivity contribution >= 4 is 35.3 Å². The number of aromatic nitrogens is 2. The second-order valence-electron chi connectivity index (χ2n) is 15.5. The summed E-state index contributed by atoms with van der Waals surface area (Å²) in [7, 11) is 0. The van der Waals surface area contributed by atoms with Gasteiger partial charge in [-0.3, -0.25) is 33.8 Å². The molecule has 0 radical (unpaired) electrons. The van der Waals surface area contributed by atoms with Crippen LogP contribution in [0.5, 0.6) is 0 Å². The fourth-order valence-electron chi connectivity index (χ4n) is 7.87. The molecule has 1 saturated heterocycles. The van der Waals surface area contributed by atoms with Crippen LogP contribution in [0, 0.1) is 23.2 Å². The molecule has 5 rings (SSSR count). The van der Waals surface area contributed by atoms with Crippen LogP contribution in [0.25, 0.3) is 0 Å². The normalized spacial score (nSPS) is 24.2. The molecule has 1 aromatic heterocycles. The molecule has 5 amide bonds. The first-order valence-electron chi connectivity index (χ1n) is 18.2. The Labute approximate surface area is 288 Å². The molecular formula is C36H53N7O6. The second-order valence-corrected chi connectivity index (χ2v) is 15.5. The summed E-state index contributed by atoms with van der Waals surface area (Å²) >= 11 is 0. The molecule has 0 aromatic carbocycles. The van der Waals surface area contributed by atoms with Crippen molar-refractivity contribution in [1.29, 1.82) is 0 Å². The van der Waals surface area contributed by atoms with Gasteiger partial charge < -0.3 is 26.2 Å². The van der Waals surface area contributed by atoms with E-state index in [4.69, 9.17) is 0 Å². The van der Waals surface area contributed by atoms with E-state index in [0.717, 1.165) is 64.2 Å². The zero-order valence-electron chi connectivity index (χ0n) is 29.3. The quantitative estimate of drug-likeness (QED) is 0.230. The lowest BCUT2D eigenvalue weighted by atomic mass is 9.82. The van der Waals surface area contributed by atoms with Crippen LogP contribution in [0.2, 0.25) is 0 Å². The lowest BCUT2D eigenvalue weighted by molar-refractivity contribution is -0.146. The van der Waals surface area contributed by atoms with E-state index >= 15 is 0 Å². The maximum absolute atomic E-state index is 14.6. The molecule has 49 heavy (non-hydrogen) atoms. The van der Waals surface area contributed by atoms with Crippen molar-refractivity contribution in [2.45, 2.75) is 135 Å². The van der Waals surface area contributed by atoms with Crippen molar-refractivity contribution in [2.24, 2.45) is 23.2 Å². The largest absolute Gasteiger partial charge is 0.347 e. The average Bonchev–Trinajstić information content (AvgIpc) is 3.65. The van der Waals surface area contributed by atoms with Gasteiger partial charge in [0.25, 0.3) is 11.8 Å². The van der Waals surface area contributed by atoms with Gasteiger partial charge in [-0.25, -0.2) is 4.98 Å². The number of nitrogens with one attached hydrogen (secondary N) is 4. The first-order chi connectivity index (χ1) is 23.4. The summed E-state index contributed by atoms with van der Waals surface area (Å²) in [6.07, 6.45) is 13.9. The summed E-state index contributed by atoms with van der Waals surface area (Å²) in [6.45, 7) is 7.85. The van der Waals surface area contributed by atoms with Gasteiger partial charge in [0, 0.05) is 25.0 Å². The molecule has 4 N–H and O–H groups in total. The Morgan fingerprint density at radius 3 is 2.27 bits per heavy atom. The van der Waals surface area contributed by atoms with Gasteiger partial charge in [-0.05, 0) is 68.1 Å². The summed E-state index contributed by atoms with van der Waals surface area (Å²) in [6, 6.07) is -3.68. The van der Waals surface area contributed by atoms with E-state index in [-0.39, 0.29) is 35.4 Å². The number of carbonyl (C=O) groups excluding carboxylic acids is 6. The zero-order valence-corrected chi connectivity index (χ0v) is 29.3. The molecule has 3 unspecified atom stereocenters. The monoisotopic (exact) mass is 679 g/mol. The van der Waals surface area contributed by atoms with Crippen LogP contribution in [0.3, 0.4) is 0 Å². The smallest absolute Gasteiger partial charge is 0.289 e. The number of rotatable bonds is 13. The van der Waals surface area contributed by atoms with E-state index < -0.39 is 59.0 Å². The fraction of sp³-hybridized carbons (Fsp3) is 0.722. The molecule has 0 bridgehead atoms. The topological polar surface area (TPSA) is 180 Å². The molecule has 1 aromatic rings. The van der Waals surface area contributed by atoms with E-state index in [0.29, 0.717) is 19.4 Å². The Balaban J connectivity index is 1.36. The third-order valence-electron chi connectivity index (χ3n) is 10.7. The third-order valence-corrected chi connectivity index (χ3v) is 10.7. The summed E-state index contributed by atoms with van der Waals surface area (Å²) < 4.78 is 0. The van der Waals surface area contributed by atoms with Gasteiger partial charge in [-0.1, -0.05) is 59.8 Å². The molecular weight excluding hydrogens is 626 g/mol. The molecule has 268 valence electrons. The lowest BCUT2D eigenvalue weighted by Crippen LogP contribution is -2.62. The Kier molecular flexibility index (Phi) is 11.7. The summed E-state index contributed by atoms with van der Waals surface area (Å²) in [5.41, 5.74) is -0.638. The molecule has 0 spiro atoms. The highest BCUT2D eigenvalue weighted by atomic mass is 16.2. The fourth-order valence-corrected chi connectivity index (χ4v) is 7.87. The van der Waals surface area contributed by atoms with Crippen molar-refractivity contribution in [3.05, 3.63) is 24.3 Å². The third kappa shape index (κ3) is 8.83. The van der Waals surface area contributed by atoms with E-state index in [1.54, 1.807) is 4.90 Å². The first kappa shape index (κ1) is 36.4. The number of hydrogen-bond acceptors (Lipinski definition) is 8. The number of likely N-dealkylation sites (tertiary alicyclic amines) is 1. The molecule has 4 fully saturated rings. The number of Topliss-reactive ketones (excluding diaryl/α,β-unsaturated/α-hetero) is 1. The van der Waals surface area contributed by atoms with Gasteiger partial charge in [-0.2, -0.15) is 0 Å². The molecule has 4 aliphatic rings. The minimum absolute atomic E-state index is 0.0132. The average molecular weight is 680 g/mol.